The Hall–Kier alpha value is -5.54. The highest BCUT2D eigenvalue weighted by Gasteiger charge is 2.33. The summed E-state index contributed by atoms with van der Waals surface area (Å²) >= 11 is 0. The van der Waals surface area contributed by atoms with Crippen molar-refractivity contribution in [3.8, 4) is 6.07 Å². The first-order valence-corrected chi connectivity index (χ1v) is 12.8. The third kappa shape index (κ3) is 3.60. The molecular formula is C34H20F2N4. The number of anilines is 6. The predicted octanol–water partition coefficient (Wildman–Crippen LogP) is 9.14. The van der Waals surface area contributed by atoms with Crippen LogP contribution in [0.2, 0.25) is 0 Å². The van der Waals surface area contributed by atoms with Crippen molar-refractivity contribution in [2.45, 2.75) is 0 Å². The summed E-state index contributed by atoms with van der Waals surface area (Å²) in [6.45, 7) is 0. The summed E-state index contributed by atoms with van der Waals surface area (Å²) in [6.07, 6.45) is 7.71. The van der Waals surface area contributed by atoms with E-state index in [1.165, 1.54) is 0 Å². The third-order valence-corrected chi connectivity index (χ3v) is 7.19. The van der Waals surface area contributed by atoms with Crippen LogP contribution in [0.15, 0.2) is 97.1 Å². The number of benzene rings is 4. The highest BCUT2D eigenvalue weighted by molar-refractivity contribution is 5.96. The lowest BCUT2D eigenvalue weighted by atomic mass is 10.1. The lowest BCUT2D eigenvalue weighted by Crippen LogP contribution is -2.21. The highest BCUT2D eigenvalue weighted by atomic mass is 19.1. The summed E-state index contributed by atoms with van der Waals surface area (Å²) in [5.41, 5.74) is 5.03. The quantitative estimate of drug-likeness (QED) is 0.212. The van der Waals surface area contributed by atoms with Gasteiger partial charge >= 0.3 is 0 Å². The molecule has 0 unspecified atom stereocenters. The Kier molecular flexibility index (Phi) is 5.50. The lowest BCUT2D eigenvalue weighted by molar-refractivity contribution is 0.561. The predicted molar refractivity (Wildman–Crippen MR) is 156 cm³/mol. The molecule has 0 bridgehead atoms. The highest BCUT2D eigenvalue weighted by Crippen LogP contribution is 2.47. The summed E-state index contributed by atoms with van der Waals surface area (Å²) in [4.78, 5) is 7.41. The van der Waals surface area contributed by atoms with E-state index in [2.05, 4.69) is 4.98 Å². The van der Waals surface area contributed by atoms with E-state index in [-0.39, 0.29) is 11.5 Å². The molecule has 7 rings (SSSR count). The fraction of sp³-hybridized carbons (Fsp3) is 0. The van der Waals surface area contributed by atoms with Crippen molar-refractivity contribution in [1.29, 1.82) is 5.26 Å². The molecule has 4 aromatic carbocycles. The van der Waals surface area contributed by atoms with Crippen LogP contribution in [-0.4, -0.2) is 4.98 Å². The number of halogens is 2. The summed E-state index contributed by atoms with van der Waals surface area (Å²) in [5, 5.41) is 10.3. The molecule has 0 fully saturated rings. The summed E-state index contributed by atoms with van der Waals surface area (Å²) in [5.74, 6) is -2.14. The molecule has 5 aromatic rings. The van der Waals surface area contributed by atoms with E-state index in [0.29, 0.717) is 22.7 Å². The van der Waals surface area contributed by atoms with E-state index < -0.39 is 17.3 Å². The summed E-state index contributed by atoms with van der Waals surface area (Å²) in [7, 11) is 0. The molecule has 190 valence electrons. The number of para-hydroxylation sites is 4. The van der Waals surface area contributed by atoms with Crippen LogP contribution in [0.25, 0.3) is 24.3 Å². The molecule has 40 heavy (non-hydrogen) atoms. The Labute approximate surface area is 230 Å². The Morgan fingerprint density at radius 2 is 0.925 bits per heavy atom. The first-order valence-electron chi connectivity index (χ1n) is 12.8. The van der Waals surface area contributed by atoms with E-state index in [4.69, 9.17) is 0 Å². The maximum absolute atomic E-state index is 16.7. The third-order valence-electron chi connectivity index (χ3n) is 7.19. The maximum Gasteiger partial charge on any atom is 0.240 e. The van der Waals surface area contributed by atoms with Crippen molar-refractivity contribution in [3.05, 3.63) is 137 Å². The molecule has 0 radical (unpaired) electrons. The zero-order valence-electron chi connectivity index (χ0n) is 21.1. The second kappa shape index (κ2) is 9.33. The van der Waals surface area contributed by atoms with E-state index in [0.717, 1.165) is 22.3 Å². The Morgan fingerprint density at radius 1 is 0.550 bits per heavy atom. The average Bonchev–Trinajstić information content (AvgIpc) is 3.26. The molecular weight excluding hydrogens is 502 g/mol. The normalized spacial score (nSPS) is 12.9. The zero-order chi connectivity index (χ0) is 27.2. The molecule has 0 saturated heterocycles. The number of aromatic nitrogens is 1. The van der Waals surface area contributed by atoms with E-state index in [1.807, 2.05) is 127 Å². The molecule has 3 heterocycles. The first-order chi connectivity index (χ1) is 19.7. The molecule has 1 aromatic heterocycles. The van der Waals surface area contributed by atoms with Gasteiger partial charge < -0.3 is 4.90 Å². The number of nitriles is 1. The van der Waals surface area contributed by atoms with Crippen LogP contribution in [0, 0.1) is 23.1 Å². The average molecular weight is 523 g/mol. The SMILES string of the molecule is N#Cc1c(F)c(N2c3ccccc3C=Cc3ccccc32)nc(F)c1N1c2ccccc2C=Cc2ccccc21. The zero-order valence-corrected chi connectivity index (χ0v) is 21.1. The molecule has 0 saturated carbocycles. The van der Waals surface area contributed by atoms with Crippen molar-refractivity contribution in [2.75, 3.05) is 9.80 Å². The number of rotatable bonds is 2. The molecule has 0 aliphatic carbocycles. The van der Waals surface area contributed by atoms with Gasteiger partial charge in [0.1, 0.15) is 17.3 Å². The second-order valence-electron chi connectivity index (χ2n) is 9.45. The molecule has 2 aliphatic rings. The first kappa shape index (κ1) is 23.6. The Bertz CT molecular complexity index is 1820. The number of hydrogen-bond donors (Lipinski definition) is 0. The van der Waals surface area contributed by atoms with Crippen LogP contribution >= 0.6 is 0 Å². The van der Waals surface area contributed by atoms with Crippen LogP contribution < -0.4 is 9.80 Å². The Balaban J connectivity index is 1.51. The van der Waals surface area contributed by atoms with Crippen molar-refractivity contribution in [2.24, 2.45) is 0 Å². The van der Waals surface area contributed by atoms with Crippen molar-refractivity contribution in [3.63, 3.8) is 0 Å². The lowest BCUT2D eigenvalue weighted by Gasteiger charge is -2.30. The fourth-order valence-corrected chi connectivity index (χ4v) is 5.38. The van der Waals surface area contributed by atoms with Gasteiger partial charge in [-0.3, -0.25) is 4.90 Å². The van der Waals surface area contributed by atoms with Crippen LogP contribution in [0.5, 0.6) is 0 Å². The molecule has 0 atom stereocenters. The van der Waals surface area contributed by atoms with Gasteiger partial charge in [0.2, 0.25) is 5.95 Å². The van der Waals surface area contributed by atoms with E-state index in [1.54, 1.807) is 9.80 Å². The Morgan fingerprint density at radius 3 is 1.32 bits per heavy atom. The molecule has 2 aliphatic heterocycles. The molecule has 4 nitrogen and oxygen atoms in total. The molecule has 0 amide bonds. The molecule has 6 heteroatoms. The number of fused-ring (bicyclic) bond motifs is 4. The van der Waals surface area contributed by atoms with Gasteiger partial charge in [0.25, 0.3) is 0 Å². The monoisotopic (exact) mass is 522 g/mol. The van der Waals surface area contributed by atoms with Crippen molar-refractivity contribution < 1.29 is 8.78 Å². The number of pyridine rings is 1. The van der Waals surface area contributed by atoms with Gasteiger partial charge in [-0.1, -0.05) is 97.1 Å². The second-order valence-corrected chi connectivity index (χ2v) is 9.45. The van der Waals surface area contributed by atoms with Crippen molar-refractivity contribution in [1.82, 2.24) is 4.98 Å². The standard InChI is InChI=1S/C34H20F2N4/c35-31-26(21-37)32(39-27-13-5-1-9-22(27)17-18-23-10-2-6-14-28(23)39)33(36)38-34(31)40-29-15-7-3-11-24(29)19-20-25-12-4-8-16-30(25)40/h1-20H. The molecule has 0 N–H and O–H groups in total. The van der Waals surface area contributed by atoms with Gasteiger partial charge in [0, 0.05) is 0 Å². The maximum atomic E-state index is 16.7. The van der Waals surface area contributed by atoms with Crippen LogP contribution in [0.3, 0.4) is 0 Å². The van der Waals surface area contributed by atoms with E-state index in [9.17, 15) is 5.26 Å². The van der Waals surface area contributed by atoms with Gasteiger partial charge in [-0.15, -0.1) is 0 Å². The van der Waals surface area contributed by atoms with Gasteiger partial charge in [-0.25, -0.2) is 4.39 Å². The van der Waals surface area contributed by atoms with Gasteiger partial charge in [-0.2, -0.15) is 14.6 Å². The molecule has 0 spiro atoms. The minimum absolute atomic E-state index is 0.234. The number of nitrogens with zero attached hydrogens (tertiary/aromatic N) is 4. The van der Waals surface area contributed by atoms with Gasteiger partial charge in [0.05, 0.1) is 22.7 Å². The van der Waals surface area contributed by atoms with Gasteiger partial charge in [-0.05, 0) is 46.5 Å². The minimum Gasteiger partial charge on any atom is -0.304 e. The van der Waals surface area contributed by atoms with Crippen LogP contribution in [-0.2, 0) is 0 Å². The summed E-state index contributed by atoms with van der Waals surface area (Å²) < 4.78 is 33.1. The summed E-state index contributed by atoms with van der Waals surface area (Å²) in [6, 6.07) is 31.7. The van der Waals surface area contributed by atoms with Crippen LogP contribution in [0.4, 0.5) is 43.0 Å². The van der Waals surface area contributed by atoms with Crippen LogP contribution in [0.1, 0.15) is 27.8 Å². The van der Waals surface area contributed by atoms with Gasteiger partial charge in [0.15, 0.2) is 11.6 Å². The van der Waals surface area contributed by atoms with Crippen molar-refractivity contribution >= 4 is 58.6 Å². The fourth-order valence-electron chi connectivity index (χ4n) is 5.38. The minimum atomic E-state index is -0.952. The smallest absolute Gasteiger partial charge is 0.240 e. The number of hydrogen-bond acceptors (Lipinski definition) is 4. The topological polar surface area (TPSA) is 43.2 Å². The largest absolute Gasteiger partial charge is 0.304 e. The van der Waals surface area contributed by atoms with E-state index >= 15 is 8.78 Å².